The van der Waals surface area contributed by atoms with Crippen LogP contribution < -0.4 is 5.32 Å². The fourth-order valence-corrected chi connectivity index (χ4v) is 6.83. The third kappa shape index (κ3) is 9.32. The van der Waals surface area contributed by atoms with E-state index in [4.69, 9.17) is 0 Å². The Hall–Kier alpha value is -0.0400. The summed E-state index contributed by atoms with van der Waals surface area (Å²) in [5, 5.41) is 4.32. The minimum absolute atomic E-state index is 0.821. The lowest BCUT2D eigenvalue weighted by Crippen LogP contribution is -2.46. The Labute approximate surface area is 183 Å². The van der Waals surface area contributed by atoms with Crippen LogP contribution in [0, 0.1) is 11.8 Å². The molecule has 29 heavy (non-hydrogen) atoms. The van der Waals surface area contributed by atoms with E-state index in [1.165, 1.54) is 154 Å². The second-order valence-electron chi connectivity index (χ2n) is 11.0. The third-order valence-electron chi connectivity index (χ3n) is 8.63. The van der Waals surface area contributed by atoms with Gasteiger partial charge in [-0.25, -0.2) is 0 Å². The van der Waals surface area contributed by atoms with E-state index in [1.54, 1.807) is 0 Å². The lowest BCUT2D eigenvalue weighted by atomic mass is 9.72. The molecule has 3 saturated carbocycles. The topological polar surface area (TPSA) is 12.0 Å². The molecule has 0 aromatic carbocycles. The molecule has 0 bridgehead atoms. The highest BCUT2D eigenvalue weighted by molar-refractivity contribution is 4.88. The minimum atomic E-state index is 0.821. The zero-order valence-electron chi connectivity index (χ0n) is 19.8. The van der Waals surface area contributed by atoms with Gasteiger partial charge in [0.05, 0.1) is 0 Å². The predicted molar refractivity (Wildman–Crippen MR) is 128 cm³/mol. The summed E-state index contributed by atoms with van der Waals surface area (Å²) in [6, 6.07) is 1.66. The van der Waals surface area contributed by atoms with E-state index < -0.39 is 0 Å². The molecular formula is C28H53N. The Balaban J connectivity index is 1.55. The predicted octanol–water partition coefficient (Wildman–Crippen LogP) is 8.95. The molecule has 3 fully saturated rings. The van der Waals surface area contributed by atoms with Crippen LogP contribution in [-0.4, -0.2) is 12.1 Å². The molecule has 3 aliphatic carbocycles. The second kappa shape index (κ2) is 14.9. The molecule has 0 radical (unpaired) electrons. The molecule has 0 aromatic heterocycles. The molecule has 0 saturated heterocycles. The highest BCUT2D eigenvalue weighted by Crippen LogP contribution is 2.37. The molecule has 0 aromatic rings. The first-order chi connectivity index (χ1) is 14.4. The van der Waals surface area contributed by atoms with Gasteiger partial charge in [0.15, 0.2) is 0 Å². The summed E-state index contributed by atoms with van der Waals surface area (Å²) in [4.78, 5) is 0. The Morgan fingerprint density at radius 1 is 0.345 bits per heavy atom. The molecule has 1 heteroatoms. The summed E-state index contributed by atoms with van der Waals surface area (Å²) in [6.07, 6.45) is 35.8. The molecule has 0 amide bonds. The van der Waals surface area contributed by atoms with Crippen molar-refractivity contribution >= 4 is 0 Å². The normalized spacial score (nSPS) is 31.4. The first-order valence-corrected chi connectivity index (χ1v) is 14.2. The van der Waals surface area contributed by atoms with E-state index in [1.807, 2.05) is 0 Å². The average molecular weight is 404 g/mol. The van der Waals surface area contributed by atoms with Crippen molar-refractivity contribution in [2.75, 3.05) is 0 Å². The monoisotopic (exact) mass is 403 g/mol. The number of hydrogen-bond acceptors (Lipinski definition) is 1. The number of hydrogen-bond donors (Lipinski definition) is 1. The molecular weight excluding hydrogens is 350 g/mol. The standard InChI is InChI=1S/C28H53N/c1-2-6-10-14-20-25(19-13-9-5-1)27-23-17-18-24-28(27)29-26-21-15-11-7-3-4-8-12-16-22-26/h25-29H,1-24H2. The lowest BCUT2D eigenvalue weighted by molar-refractivity contribution is 0.150. The van der Waals surface area contributed by atoms with Crippen molar-refractivity contribution in [1.29, 1.82) is 0 Å². The maximum atomic E-state index is 4.32. The van der Waals surface area contributed by atoms with E-state index in [-0.39, 0.29) is 0 Å². The van der Waals surface area contributed by atoms with Crippen LogP contribution in [0.3, 0.4) is 0 Å². The Bertz CT molecular complexity index is 368. The molecule has 1 N–H and O–H groups in total. The van der Waals surface area contributed by atoms with Gasteiger partial charge in [-0.3, -0.25) is 0 Å². The first kappa shape index (κ1) is 23.6. The zero-order valence-corrected chi connectivity index (χ0v) is 19.8. The van der Waals surface area contributed by atoms with Gasteiger partial charge in [-0.1, -0.05) is 128 Å². The van der Waals surface area contributed by atoms with Crippen LogP contribution in [0.25, 0.3) is 0 Å². The molecule has 2 unspecified atom stereocenters. The van der Waals surface area contributed by atoms with Crippen molar-refractivity contribution in [3.05, 3.63) is 0 Å². The Morgan fingerprint density at radius 2 is 0.724 bits per heavy atom. The van der Waals surface area contributed by atoms with E-state index in [0.29, 0.717) is 0 Å². The fraction of sp³-hybridized carbons (Fsp3) is 1.00. The van der Waals surface area contributed by atoms with E-state index in [2.05, 4.69) is 5.32 Å². The highest BCUT2D eigenvalue weighted by Gasteiger charge is 2.32. The van der Waals surface area contributed by atoms with Crippen LogP contribution in [0.15, 0.2) is 0 Å². The van der Waals surface area contributed by atoms with Crippen LogP contribution in [0.2, 0.25) is 0 Å². The van der Waals surface area contributed by atoms with E-state index in [9.17, 15) is 0 Å². The molecule has 0 spiro atoms. The van der Waals surface area contributed by atoms with Crippen molar-refractivity contribution in [2.24, 2.45) is 11.8 Å². The maximum absolute atomic E-state index is 4.32. The molecule has 2 atom stereocenters. The molecule has 1 nitrogen and oxygen atoms in total. The molecule has 170 valence electrons. The van der Waals surface area contributed by atoms with Crippen molar-refractivity contribution in [3.8, 4) is 0 Å². The largest absolute Gasteiger partial charge is 0.311 e. The molecule has 0 heterocycles. The maximum Gasteiger partial charge on any atom is 0.0101 e. The molecule has 3 aliphatic rings. The van der Waals surface area contributed by atoms with Crippen LogP contribution in [0.4, 0.5) is 0 Å². The van der Waals surface area contributed by atoms with Crippen LogP contribution >= 0.6 is 0 Å². The first-order valence-electron chi connectivity index (χ1n) is 14.2. The van der Waals surface area contributed by atoms with Gasteiger partial charge in [-0.15, -0.1) is 0 Å². The Kier molecular flexibility index (Phi) is 12.1. The van der Waals surface area contributed by atoms with Crippen LogP contribution in [0.1, 0.15) is 154 Å². The smallest absolute Gasteiger partial charge is 0.0101 e. The van der Waals surface area contributed by atoms with Gasteiger partial charge in [0.25, 0.3) is 0 Å². The van der Waals surface area contributed by atoms with Crippen molar-refractivity contribution < 1.29 is 0 Å². The molecule has 0 aliphatic heterocycles. The van der Waals surface area contributed by atoms with E-state index >= 15 is 0 Å². The van der Waals surface area contributed by atoms with Gasteiger partial charge < -0.3 is 5.32 Å². The van der Waals surface area contributed by atoms with Gasteiger partial charge >= 0.3 is 0 Å². The van der Waals surface area contributed by atoms with Crippen LogP contribution in [0.5, 0.6) is 0 Å². The highest BCUT2D eigenvalue weighted by atomic mass is 15.0. The summed E-state index contributed by atoms with van der Waals surface area (Å²) in [5.74, 6) is 2.01. The zero-order chi connectivity index (χ0) is 20.0. The summed E-state index contributed by atoms with van der Waals surface area (Å²) in [5.41, 5.74) is 0. The van der Waals surface area contributed by atoms with Gasteiger partial charge in [0, 0.05) is 12.1 Å². The SMILES string of the molecule is C1CCCCCC(NC2CCCCC2C2CCCCCCCCCC2)CCCC1. The van der Waals surface area contributed by atoms with Gasteiger partial charge in [0.2, 0.25) is 0 Å². The van der Waals surface area contributed by atoms with Gasteiger partial charge in [-0.05, 0) is 37.5 Å². The average Bonchev–Trinajstić information content (AvgIpc) is 2.84. The Morgan fingerprint density at radius 3 is 1.24 bits per heavy atom. The molecule has 3 rings (SSSR count). The summed E-state index contributed by atoms with van der Waals surface area (Å²) in [7, 11) is 0. The van der Waals surface area contributed by atoms with Crippen molar-refractivity contribution in [2.45, 2.75) is 166 Å². The second-order valence-corrected chi connectivity index (χ2v) is 11.0. The van der Waals surface area contributed by atoms with Crippen molar-refractivity contribution in [1.82, 2.24) is 5.32 Å². The van der Waals surface area contributed by atoms with Gasteiger partial charge in [-0.2, -0.15) is 0 Å². The van der Waals surface area contributed by atoms with E-state index in [0.717, 1.165) is 23.9 Å². The third-order valence-corrected chi connectivity index (χ3v) is 8.63. The fourth-order valence-electron chi connectivity index (χ4n) is 6.83. The quantitative estimate of drug-likeness (QED) is 0.496. The summed E-state index contributed by atoms with van der Waals surface area (Å²) >= 11 is 0. The van der Waals surface area contributed by atoms with Crippen LogP contribution in [-0.2, 0) is 0 Å². The number of nitrogens with one attached hydrogen (secondary N) is 1. The summed E-state index contributed by atoms with van der Waals surface area (Å²) in [6.45, 7) is 0. The van der Waals surface area contributed by atoms with Gasteiger partial charge in [0.1, 0.15) is 0 Å². The minimum Gasteiger partial charge on any atom is -0.311 e. The summed E-state index contributed by atoms with van der Waals surface area (Å²) < 4.78 is 0. The van der Waals surface area contributed by atoms with Crippen molar-refractivity contribution in [3.63, 3.8) is 0 Å². The number of rotatable bonds is 3. The lowest BCUT2D eigenvalue weighted by Gasteiger charge is -2.40.